The fourth-order valence-corrected chi connectivity index (χ4v) is 3.27. The Morgan fingerprint density at radius 3 is 2.21 bits per heavy atom. The monoisotopic (exact) mass is 502 g/mol. The highest BCUT2D eigenvalue weighted by atomic mass is 127. The van der Waals surface area contributed by atoms with Gasteiger partial charge in [0.15, 0.2) is 5.78 Å². The molecule has 0 aliphatic heterocycles. The summed E-state index contributed by atoms with van der Waals surface area (Å²) in [6.45, 7) is 0. The van der Waals surface area contributed by atoms with Crippen LogP contribution in [0.5, 0.6) is 5.75 Å². The van der Waals surface area contributed by atoms with Gasteiger partial charge in [-0.2, -0.15) is 0 Å². The molecule has 1 unspecified atom stereocenters. The van der Waals surface area contributed by atoms with Crippen LogP contribution in [0.3, 0.4) is 0 Å². The summed E-state index contributed by atoms with van der Waals surface area (Å²) >= 11 is 2.23. The SMILES string of the molecule is COc1ccc(C(=O)CC(Nc2ccc(I)cc2)c2ccc([N+](=O)[O-])cc2)cc1. The first kappa shape index (κ1) is 20.8. The number of Topliss-reactive ketones (excluding diaryl/α,β-unsaturated/α-hetero) is 1. The van der Waals surface area contributed by atoms with Gasteiger partial charge in [-0.05, 0) is 76.7 Å². The highest BCUT2D eigenvalue weighted by Gasteiger charge is 2.19. The topological polar surface area (TPSA) is 81.5 Å². The Kier molecular flexibility index (Phi) is 6.82. The number of rotatable bonds is 8. The number of ketones is 1. The van der Waals surface area contributed by atoms with Crippen LogP contribution in [0.4, 0.5) is 11.4 Å². The zero-order valence-electron chi connectivity index (χ0n) is 15.7. The molecule has 0 saturated carbocycles. The molecule has 0 bridgehead atoms. The second-order valence-electron chi connectivity index (χ2n) is 6.41. The molecule has 0 saturated heterocycles. The number of benzene rings is 3. The Balaban J connectivity index is 1.85. The third kappa shape index (κ3) is 5.54. The molecule has 7 heteroatoms. The smallest absolute Gasteiger partial charge is 0.269 e. The molecule has 0 aliphatic carbocycles. The standard InChI is InChI=1S/C22H19IN2O4/c1-29-20-12-4-16(5-13-20)22(26)14-21(24-18-8-6-17(23)7-9-18)15-2-10-19(11-3-15)25(27)28/h2-13,21,24H,14H2,1H3. The molecule has 0 heterocycles. The maximum atomic E-state index is 12.9. The third-order valence-corrected chi connectivity index (χ3v) is 5.21. The summed E-state index contributed by atoms with van der Waals surface area (Å²) in [7, 11) is 1.58. The third-order valence-electron chi connectivity index (χ3n) is 4.49. The van der Waals surface area contributed by atoms with Crippen LogP contribution in [-0.4, -0.2) is 17.8 Å². The van der Waals surface area contributed by atoms with Gasteiger partial charge in [0.25, 0.3) is 5.69 Å². The normalized spacial score (nSPS) is 11.5. The minimum absolute atomic E-state index is 0.0169. The average Bonchev–Trinajstić information content (AvgIpc) is 2.75. The number of hydrogen-bond acceptors (Lipinski definition) is 5. The molecular formula is C22H19IN2O4. The lowest BCUT2D eigenvalue weighted by Gasteiger charge is -2.20. The van der Waals surface area contributed by atoms with Crippen LogP contribution in [0.15, 0.2) is 72.8 Å². The van der Waals surface area contributed by atoms with E-state index < -0.39 is 4.92 Å². The van der Waals surface area contributed by atoms with Crippen molar-refractivity contribution in [3.05, 3.63) is 97.6 Å². The second-order valence-corrected chi connectivity index (χ2v) is 7.65. The Bertz CT molecular complexity index is 987. The first-order valence-electron chi connectivity index (χ1n) is 8.90. The molecule has 148 valence electrons. The fraction of sp³-hybridized carbons (Fsp3) is 0.136. The van der Waals surface area contributed by atoms with Crippen LogP contribution in [0.2, 0.25) is 0 Å². The largest absolute Gasteiger partial charge is 0.497 e. The van der Waals surface area contributed by atoms with Crippen LogP contribution >= 0.6 is 22.6 Å². The molecule has 0 fully saturated rings. The lowest BCUT2D eigenvalue weighted by atomic mass is 9.97. The molecule has 0 spiro atoms. The number of carbonyl (C=O) groups excluding carboxylic acids is 1. The predicted octanol–water partition coefficient (Wildman–Crippen LogP) is 5.63. The van der Waals surface area contributed by atoms with Crippen LogP contribution in [0.1, 0.15) is 28.4 Å². The first-order chi connectivity index (χ1) is 14.0. The molecule has 3 aromatic rings. The van der Waals surface area contributed by atoms with Gasteiger partial charge in [-0.1, -0.05) is 12.1 Å². The number of nitro groups is 1. The molecular weight excluding hydrogens is 483 g/mol. The maximum absolute atomic E-state index is 12.9. The van der Waals surface area contributed by atoms with Gasteiger partial charge in [-0.15, -0.1) is 0 Å². The molecule has 0 aliphatic rings. The van der Waals surface area contributed by atoms with Crippen molar-refractivity contribution in [2.75, 3.05) is 12.4 Å². The van der Waals surface area contributed by atoms with Crippen LogP contribution < -0.4 is 10.1 Å². The summed E-state index contributed by atoms with van der Waals surface area (Å²) in [4.78, 5) is 23.4. The lowest BCUT2D eigenvalue weighted by Crippen LogP contribution is -2.16. The quantitative estimate of drug-likeness (QED) is 0.187. The van der Waals surface area contributed by atoms with E-state index in [1.165, 1.54) is 12.1 Å². The lowest BCUT2D eigenvalue weighted by molar-refractivity contribution is -0.384. The molecule has 3 rings (SSSR count). The fourth-order valence-electron chi connectivity index (χ4n) is 2.91. The summed E-state index contributed by atoms with van der Waals surface area (Å²) in [5.41, 5.74) is 2.28. The van der Waals surface area contributed by atoms with E-state index in [1.54, 1.807) is 43.5 Å². The number of methoxy groups -OCH3 is 1. The van der Waals surface area contributed by atoms with E-state index in [1.807, 2.05) is 24.3 Å². The van der Waals surface area contributed by atoms with E-state index in [0.29, 0.717) is 11.3 Å². The van der Waals surface area contributed by atoms with E-state index in [2.05, 4.69) is 27.9 Å². The molecule has 0 aromatic heterocycles. The molecule has 1 N–H and O–H groups in total. The van der Waals surface area contributed by atoms with Gasteiger partial charge in [0, 0.05) is 33.4 Å². The summed E-state index contributed by atoms with van der Waals surface area (Å²) in [6.07, 6.45) is 0.204. The molecule has 3 aromatic carbocycles. The number of nitrogens with zero attached hydrogens (tertiary/aromatic N) is 1. The number of ether oxygens (including phenoxy) is 1. The van der Waals surface area contributed by atoms with Gasteiger partial charge in [-0.3, -0.25) is 14.9 Å². The van der Waals surface area contributed by atoms with Gasteiger partial charge in [0.05, 0.1) is 18.1 Å². The zero-order chi connectivity index (χ0) is 20.8. The minimum Gasteiger partial charge on any atom is -0.497 e. The summed E-state index contributed by atoms with van der Waals surface area (Å²) in [6, 6.07) is 20.8. The number of anilines is 1. The molecule has 0 radical (unpaired) electrons. The molecule has 0 amide bonds. The van der Waals surface area contributed by atoms with Crippen molar-refractivity contribution >= 4 is 39.7 Å². The van der Waals surface area contributed by atoms with Crippen molar-refractivity contribution in [2.24, 2.45) is 0 Å². The predicted molar refractivity (Wildman–Crippen MR) is 121 cm³/mol. The number of nitrogens with one attached hydrogen (secondary N) is 1. The minimum atomic E-state index is -0.437. The summed E-state index contributed by atoms with van der Waals surface area (Å²) in [5.74, 6) is 0.652. The summed E-state index contributed by atoms with van der Waals surface area (Å²) < 4.78 is 6.25. The van der Waals surface area contributed by atoms with Gasteiger partial charge in [0.2, 0.25) is 0 Å². The van der Waals surface area contributed by atoms with Gasteiger partial charge < -0.3 is 10.1 Å². The Labute approximate surface area is 182 Å². The molecule has 29 heavy (non-hydrogen) atoms. The van der Waals surface area contributed by atoms with E-state index in [0.717, 1.165) is 14.8 Å². The first-order valence-corrected chi connectivity index (χ1v) is 9.98. The van der Waals surface area contributed by atoms with Crippen molar-refractivity contribution in [1.82, 2.24) is 0 Å². The molecule has 1 atom stereocenters. The van der Waals surface area contributed by atoms with E-state index in [4.69, 9.17) is 4.74 Å². The van der Waals surface area contributed by atoms with E-state index in [-0.39, 0.29) is 23.9 Å². The summed E-state index contributed by atoms with van der Waals surface area (Å²) in [5, 5.41) is 14.3. The highest BCUT2D eigenvalue weighted by molar-refractivity contribution is 14.1. The van der Waals surface area contributed by atoms with Crippen molar-refractivity contribution in [3.8, 4) is 5.75 Å². The van der Waals surface area contributed by atoms with Crippen LogP contribution in [0, 0.1) is 13.7 Å². The van der Waals surface area contributed by atoms with Crippen molar-refractivity contribution in [3.63, 3.8) is 0 Å². The van der Waals surface area contributed by atoms with E-state index >= 15 is 0 Å². The van der Waals surface area contributed by atoms with Crippen LogP contribution in [0.25, 0.3) is 0 Å². The Morgan fingerprint density at radius 1 is 1.03 bits per heavy atom. The highest BCUT2D eigenvalue weighted by Crippen LogP contribution is 2.27. The van der Waals surface area contributed by atoms with Crippen molar-refractivity contribution in [2.45, 2.75) is 12.5 Å². The van der Waals surface area contributed by atoms with Crippen molar-refractivity contribution in [1.29, 1.82) is 0 Å². The van der Waals surface area contributed by atoms with Gasteiger partial charge in [-0.25, -0.2) is 0 Å². The van der Waals surface area contributed by atoms with Gasteiger partial charge in [0.1, 0.15) is 5.75 Å². The Hall–Kier alpha value is -2.94. The number of halogens is 1. The van der Waals surface area contributed by atoms with Crippen molar-refractivity contribution < 1.29 is 14.5 Å². The number of non-ortho nitro benzene ring substituents is 1. The van der Waals surface area contributed by atoms with Crippen LogP contribution in [-0.2, 0) is 0 Å². The molecule has 6 nitrogen and oxygen atoms in total. The zero-order valence-corrected chi connectivity index (χ0v) is 17.8. The second kappa shape index (κ2) is 9.51. The van der Waals surface area contributed by atoms with Gasteiger partial charge >= 0.3 is 0 Å². The van der Waals surface area contributed by atoms with E-state index in [9.17, 15) is 14.9 Å². The maximum Gasteiger partial charge on any atom is 0.269 e. The average molecular weight is 502 g/mol. The number of nitro benzene ring substituents is 1. The Morgan fingerprint density at radius 2 is 1.66 bits per heavy atom. The number of hydrogen-bond donors (Lipinski definition) is 1. The number of carbonyl (C=O) groups is 1.